The van der Waals surface area contributed by atoms with Crippen molar-refractivity contribution in [1.82, 2.24) is 0 Å². The van der Waals surface area contributed by atoms with Crippen molar-refractivity contribution in [3.63, 3.8) is 0 Å². The van der Waals surface area contributed by atoms with Gasteiger partial charge < -0.3 is 38.6 Å². The van der Waals surface area contributed by atoms with E-state index in [-0.39, 0.29) is 31.3 Å². The van der Waals surface area contributed by atoms with Crippen LogP contribution in [0.4, 0.5) is 0 Å². The molecular weight excluding hydrogens is 504 g/mol. The van der Waals surface area contributed by atoms with Gasteiger partial charge in [0.25, 0.3) is 0 Å². The summed E-state index contributed by atoms with van der Waals surface area (Å²) in [6.45, 7) is 6.85. The molecule has 3 heterocycles. The number of ether oxygens (including phenoxy) is 6. The maximum Gasteiger partial charge on any atom is 0.347 e. The van der Waals surface area contributed by atoms with Crippen molar-refractivity contribution >= 4 is 23.9 Å². The third kappa shape index (κ3) is 3.23. The first-order valence-corrected chi connectivity index (χ1v) is 13.0. The monoisotopic (exact) mass is 540 g/mol. The van der Waals surface area contributed by atoms with Crippen molar-refractivity contribution in [2.75, 3.05) is 20.8 Å². The maximum absolute atomic E-state index is 13.5. The lowest BCUT2D eigenvalue weighted by Gasteiger charge is -2.63. The van der Waals surface area contributed by atoms with E-state index in [4.69, 9.17) is 28.4 Å². The first kappa shape index (κ1) is 27.3. The quantitative estimate of drug-likeness (QED) is 0.345. The van der Waals surface area contributed by atoms with Gasteiger partial charge in [-0.25, -0.2) is 9.59 Å². The normalized spacial score (nSPS) is 47.1. The summed E-state index contributed by atoms with van der Waals surface area (Å²) in [7, 11) is 2.21. The van der Waals surface area contributed by atoms with Crippen molar-refractivity contribution in [2.24, 2.45) is 34.5 Å². The predicted molar refractivity (Wildman–Crippen MR) is 124 cm³/mol. The van der Waals surface area contributed by atoms with Crippen LogP contribution in [0, 0.1) is 34.5 Å². The van der Waals surface area contributed by atoms with Crippen molar-refractivity contribution in [3.05, 3.63) is 0 Å². The van der Waals surface area contributed by atoms with Crippen LogP contribution < -0.4 is 0 Å². The minimum atomic E-state index is -2.28. The Morgan fingerprint density at radius 2 is 1.82 bits per heavy atom. The van der Waals surface area contributed by atoms with Gasteiger partial charge in [0.15, 0.2) is 0 Å². The third-order valence-electron chi connectivity index (χ3n) is 9.77. The SMILES string of the molecule is COC(=O)[C@H](OC(=O)CC(C)C)[C@H]1C2(C(=O)OC)OC[C@]13C1C[C@@H]4C(C)(OC(=O)C[C@]4(C)C3[C@@H](O)[C@@H]2O)O1. The molecule has 2 N–H and O–H groups in total. The fourth-order valence-corrected chi connectivity index (χ4v) is 8.65. The highest BCUT2D eigenvalue weighted by Gasteiger charge is 2.86. The van der Waals surface area contributed by atoms with E-state index < -0.39 is 82.3 Å². The second kappa shape index (κ2) is 8.61. The first-order valence-electron chi connectivity index (χ1n) is 13.0. The molecule has 0 aromatic carbocycles. The number of carbonyl (C=O) groups is 4. The maximum atomic E-state index is 13.5. The average molecular weight is 541 g/mol. The molecule has 2 saturated carbocycles. The number of methoxy groups -OCH3 is 2. The summed E-state index contributed by atoms with van der Waals surface area (Å²) in [6.07, 6.45) is -5.67. The van der Waals surface area contributed by atoms with Crippen molar-refractivity contribution in [2.45, 2.75) is 82.8 Å². The first-order chi connectivity index (χ1) is 17.7. The zero-order valence-corrected chi connectivity index (χ0v) is 22.4. The minimum Gasteiger partial charge on any atom is -0.467 e. The van der Waals surface area contributed by atoms with E-state index >= 15 is 0 Å². The van der Waals surface area contributed by atoms with E-state index in [1.165, 1.54) is 0 Å². The standard InChI is InChI=1S/C26H36O12/c1-11(2)7-14(27)36-17(21(31)33-5)19-25-10-35-26(19,22(32)34-6)20(30)16(29)18(25)23(3)9-15(28)38-24(4)12(23)8-13(25)37-24/h11-13,16-20,29-30H,7-10H2,1-6H3/t12-,13?,16+,17+,18?,19+,20-,23-,24?,25+,26?/m0/s1. The molecule has 5 rings (SSSR count). The zero-order chi connectivity index (χ0) is 28.0. The molecule has 3 aliphatic heterocycles. The van der Waals surface area contributed by atoms with Gasteiger partial charge in [-0.2, -0.15) is 0 Å². The summed E-state index contributed by atoms with van der Waals surface area (Å²) in [5, 5.41) is 23.3. The van der Waals surface area contributed by atoms with Crippen molar-refractivity contribution < 1.29 is 57.8 Å². The highest BCUT2D eigenvalue weighted by Crippen LogP contribution is 2.75. The molecule has 0 aromatic rings. The molecule has 4 bridgehead atoms. The Labute approximate surface area is 220 Å². The molecule has 3 saturated heterocycles. The van der Waals surface area contributed by atoms with Crippen LogP contribution in [-0.4, -0.2) is 90.7 Å². The number of carbonyl (C=O) groups excluding carboxylic acids is 4. The molecule has 0 radical (unpaired) electrons. The summed E-state index contributed by atoms with van der Waals surface area (Å²) in [5.41, 5.74) is -4.62. The van der Waals surface area contributed by atoms with E-state index in [1.807, 2.05) is 6.92 Å². The molecule has 0 aromatic heterocycles. The van der Waals surface area contributed by atoms with Crippen LogP contribution in [0.15, 0.2) is 0 Å². The average Bonchev–Trinajstić information content (AvgIpc) is 3.33. The van der Waals surface area contributed by atoms with Gasteiger partial charge in [-0.15, -0.1) is 0 Å². The van der Waals surface area contributed by atoms with Gasteiger partial charge in [0.05, 0.1) is 45.4 Å². The van der Waals surface area contributed by atoms with Gasteiger partial charge in [0.1, 0.15) is 6.10 Å². The number of esters is 4. The molecule has 12 heteroatoms. The predicted octanol–water partition coefficient (Wildman–Crippen LogP) is 0.102. The van der Waals surface area contributed by atoms with Crippen LogP contribution >= 0.6 is 0 Å². The van der Waals surface area contributed by atoms with Gasteiger partial charge in [-0.1, -0.05) is 20.8 Å². The van der Waals surface area contributed by atoms with Crippen LogP contribution in [0.2, 0.25) is 0 Å². The van der Waals surface area contributed by atoms with E-state index in [2.05, 4.69) is 0 Å². The number of aliphatic hydroxyl groups excluding tert-OH is 2. The summed E-state index contributed by atoms with van der Waals surface area (Å²) in [4.78, 5) is 52.5. The summed E-state index contributed by atoms with van der Waals surface area (Å²) >= 11 is 0. The number of fused-ring (bicyclic) bond motifs is 3. The second-order valence-corrected chi connectivity index (χ2v) is 12.2. The van der Waals surface area contributed by atoms with E-state index in [0.29, 0.717) is 6.42 Å². The minimum absolute atomic E-state index is 0.0198. The molecule has 5 aliphatic rings. The highest BCUT2D eigenvalue weighted by molar-refractivity contribution is 5.86. The molecule has 4 unspecified atom stereocenters. The Balaban J connectivity index is 1.75. The van der Waals surface area contributed by atoms with Crippen LogP contribution in [0.25, 0.3) is 0 Å². The summed E-state index contributed by atoms with van der Waals surface area (Å²) in [6, 6.07) is 0. The summed E-state index contributed by atoms with van der Waals surface area (Å²) in [5.74, 6) is -7.27. The number of hydrogen-bond acceptors (Lipinski definition) is 12. The van der Waals surface area contributed by atoms with Crippen LogP contribution in [0.1, 0.15) is 47.0 Å². The Morgan fingerprint density at radius 3 is 2.42 bits per heavy atom. The third-order valence-corrected chi connectivity index (χ3v) is 9.77. The van der Waals surface area contributed by atoms with Crippen LogP contribution in [0.3, 0.4) is 0 Å². The molecule has 212 valence electrons. The second-order valence-electron chi connectivity index (χ2n) is 12.2. The molecular formula is C26H36O12. The number of hydrogen-bond donors (Lipinski definition) is 2. The van der Waals surface area contributed by atoms with Crippen LogP contribution in [-0.2, 0) is 47.6 Å². The van der Waals surface area contributed by atoms with E-state index in [0.717, 1.165) is 14.2 Å². The molecule has 2 aliphatic carbocycles. The van der Waals surface area contributed by atoms with Gasteiger partial charge in [0.2, 0.25) is 17.5 Å². The van der Waals surface area contributed by atoms with Gasteiger partial charge in [-0.3, -0.25) is 9.59 Å². The highest BCUT2D eigenvalue weighted by atomic mass is 16.7. The Kier molecular flexibility index (Phi) is 6.18. The molecule has 5 fully saturated rings. The Hall–Kier alpha value is -2.28. The van der Waals surface area contributed by atoms with Crippen molar-refractivity contribution in [1.29, 1.82) is 0 Å². The summed E-state index contributed by atoms with van der Waals surface area (Å²) < 4.78 is 34.0. The zero-order valence-electron chi connectivity index (χ0n) is 22.4. The molecule has 0 amide bonds. The smallest absolute Gasteiger partial charge is 0.347 e. The fraction of sp³-hybridized carbons (Fsp3) is 0.846. The molecule has 12 nitrogen and oxygen atoms in total. The molecule has 38 heavy (non-hydrogen) atoms. The Morgan fingerprint density at radius 1 is 1.13 bits per heavy atom. The van der Waals surface area contributed by atoms with E-state index in [1.54, 1.807) is 20.8 Å². The number of rotatable bonds is 6. The lowest BCUT2D eigenvalue weighted by atomic mass is 9.40. The van der Waals surface area contributed by atoms with E-state index in [9.17, 15) is 29.4 Å². The Bertz CT molecular complexity index is 1060. The molecule has 11 atom stereocenters. The van der Waals surface area contributed by atoms with Gasteiger partial charge >= 0.3 is 23.9 Å². The number of aliphatic hydroxyl groups is 2. The largest absolute Gasteiger partial charge is 0.467 e. The lowest BCUT2D eigenvalue weighted by Crippen LogP contribution is -2.76. The molecule has 1 spiro atoms. The van der Waals surface area contributed by atoms with Crippen LogP contribution in [0.5, 0.6) is 0 Å². The topological polar surface area (TPSA) is 164 Å². The van der Waals surface area contributed by atoms with Gasteiger partial charge in [-0.05, 0) is 17.8 Å². The van der Waals surface area contributed by atoms with Gasteiger partial charge in [0, 0.05) is 30.6 Å². The lowest BCUT2D eigenvalue weighted by molar-refractivity contribution is -0.261. The fourth-order valence-electron chi connectivity index (χ4n) is 8.65. The van der Waals surface area contributed by atoms with Crippen molar-refractivity contribution in [3.8, 4) is 0 Å².